The molecule has 19 heavy (non-hydrogen) atoms. The highest BCUT2D eigenvalue weighted by molar-refractivity contribution is 5.79. The van der Waals surface area contributed by atoms with Crippen LogP contribution in [-0.4, -0.2) is 42.9 Å². The molecular formula is C13H24N2O4. The van der Waals surface area contributed by atoms with Gasteiger partial charge < -0.3 is 20.5 Å². The van der Waals surface area contributed by atoms with Crippen LogP contribution in [0.3, 0.4) is 0 Å². The van der Waals surface area contributed by atoms with Crippen molar-refractivity contribution in [1.29, 1.82) is 0 Å². The molecule has 0 radical (unpaired) electrons. The van der Waals surface area contributed by atoms with Gasteiger partial charge in [-0.1, -0.05) is 13.3 Å². The van der Waals surface area contributed by atoms with Crippen molar-refractivity contribution in [3.63, 3.8) is 0 Å². The van der Waals surface area contributed by atoms with Gasteiger partial charge in [0.1, 0.15) is 0 Å². The van der Waals surface area contributed by atoms with Crippen molar-refractivity contribution >= 4 is 12.0 Å². The summed E-state index contributed by atoms with van der Waals surface area (Å²) in [5.41, 5.74) is -0.861. The molecule has 0 heterocycles. The summed E-state index contributed by atoms with van der Waals surface area (Å²) in [5, 5.41) is 14.9. The first kappa shape index (κ1) is 15.8. The highest BCUT2D eigenvalue weighted by Crippen LogP contribution is 2.38. The normalized spacial score (nSPS) is 27.8. The summed E-state index contributed by atoms with van der Waals surface area (Å²) in [6.45, 7) is 4.10. The molecule has 3 N–H and O–H groups in total. The highest BCUT2D eigenvalue weighted by atomic mass is 16.5. The molecule has 0 spiro atoms. The van der Waals surface area contributed by atoms with E-state index in [0.29, 0.717) is 19.4 Å². The Balaban J connectivity index is 2.54. The minimum atomic E-state index is -0.861. The first-order valence-electron chi connectivity index (χ1n) is 6.73. The number of carbonyl (C=O) groups excluding carboxylic acids is 1. The molecule has 1 fully saturated rings. The molecule has 3 atom stereocenters. The summed E-state index contributed by atoms with van der Waals surface area (Å²) in [6.07, 6.45) is 2.89. The van der Waals surface area contributed by atoms with E-state index in [2.05, 4.69) is 10.6 Å². The van der Waals surface area contributed by atoms with Crippen LogP contribution in [0.25, 0.3) is 0 Å². The SMILES string of the molecule is CCC(COC)NC(=O)NC1CCCC1(C)C(=O)O. The Bertz CT molecular complexity index is 335. The van der Waals surface area contributed by atoms with Crippen molar-refractivity contribution in [3.8, 4) is 0 Å². The zero-order valence-corrected chi connectivity index (χ0v) is 11.9. The second-order valence-electron chi connectivity index (χ2n) is 5.35. The molecule has 1 rings (SSSR count). The van der Waals surface area contributed by atoms with Gasteiger partial charge in [0, 0.05) is 13.2 Å². The Morgan fingerprint density at radius 2 is 2.21 bits per heavy atom. The van der Waals surface area contributed by atoms with Crippen LogP contribution in [0.5, 0.6) is 0 Å². The second kappa shape index (κ2) is 6.75. The molecule has 2 amide bonds. The summed E-state index contributed by atoms with van der Waals surface area (Å²) >= 11 is 0. The standard InChI is InChI=1S/C13H24N2O4/c1-4-9(8-19-3)14-12(18)15-10-6-5-7-13(10,2)11(16)17/h9-10H,4-8H2,1-3H3,(H,16,17)(H2,14,15,18). The van der Waals surface area contributed by atoms with Gasteiger partial charge in [-0.2, -0.15) is 0 Å². The van der Waals surface area contributed by atoms with E-state index in [0.717, 1.165) is 12.8 Å². The van der Waals surface area contributed by atoms with Crippen molar-refractivity contribution in [1.82, 2.24) is 10.6 Å². The third-order valence-corrected chi connectivity index (χ3v) is 3.95. The fraction of sp³-hybridized carbons (Fsp3) is 0.846. The number of hydrogen-bond acceptors (Lipinski definition) is 3. The molecule has 0 aromatic carbocycles. The van der Waals surface area contributed by atoms with Crippen LogP contribution in [0.15, 0.2) is 0 Å². The van der Waals surface area contributed by atoms with Crippen LogP contribution in [0.2, 0.25) is 0 Å². The van der Waals surface area contributed by atoms with E-state index < -0.39 is 11.4 Å². The number of methoxy groups -OCH3 is 1. The number of hydrogen-bond donors (Lipinski definition) is 3. The van der Waals surface area contributed by atoms with Crippen molar-refractivity contribution in [2.24, 2.45) is 5.41 Å². The smallest absolute Gasteiger partial charge is 0.315 e. The van der Waals surface area contributed by atoms with E-state index in [-0.39, 0.29) is 18.1 Å². The Hall–Kier alpha value is -1.30. The zero-order valence-electron chi connectivity index (χ0n) is 11.9. The topological polar surface area (TPSA) is 87.7 Å². The van der Waals surface area contributed by atoms with E-state index in [9.17, 15) is 14.7 Å². The fourth-order valence-corrected chi connectivity index (χ4v) is 2.50. The molecule has 0 saturated heterocycles. The van der Waals surface area contributed by atoms with E-state index >= 15 is 0 Å². The number of carboxylic acids is 1. The summed E-state index contributed by atoms with van der Waals surface area (Å²) in [4.78, 5) is 23.2. The fourth-order valence-electron chi connectivity index (χ4n) is 2.50. The molecule has 0 aromatic rings. The number of rotatable bonds is 6. The van der Waals surface area contributed by atoms with Crippen molar-refractivity contribution in [2.45, 2.75) is 51.6 Å². The number of nitrogens with one attached hydrogen (secondary N) is 2. The Morgan fingerprint density at radius 1 is 1.53 bits per heavy atom. The third-order valence-electron chi connectivity index (χ3n) is 3.95. The maximum absolute atomic E-state index is 11.9. The van der Waals surface area contributed by atoms with Crippen molar-refractivity contribution in [2.75, 3.05) is 13.7 Å². The van der Waals surface area contributed by atoms with Crippen molar-refractivity contribution < 1.29 is 19.4 Å². The monoisotopic (exact) mass is 272 g/mol. The molecule has 3 unspecified atom stereocenters. The zero-order chi connectivity index (χ0) is 14.5. The molecular weight excluding hydrogens is 248 g/mol. The van der Waals surface area contributed by atoms with Gasteiger partial charge in [-0.3, -0.25) is 4.79 Å². The molecule has 0 aromatic heterocycles. The van der Waals surface area contributed by atoms with E-state index in [1.807, 2.05) is 6.92 Å². The van der Waals surface area contributed by atoms with Gasteiger partial charge in [-0.05, 0) is 26.2 Å². The summed E-state index contributed by atoms with van der Waals surface area (Å²) in [7, 11) is 1.58. The molecule has 0 bridgehead atoms. The molecule has 1 aliphatic carbocycles. The Morgan fingerprint density at radius 3 is 2.74 bits per heavy atom. The Labute approximate surface area is 113 Å². The lowest BCUT2D eigenvalue weighted by atomic mass is 9.85. The van der Waals surface area contributed by atoms with Crippen molar-refractivity contribution in [3.05, 3.63) is 0 Å². The molecule has 6 nitrogen and oxygen atoms in total. The maximum Gasteiger partial charge on any atom is 0.315 e. The van der Waals surface area contributed by atoms with E-state index in [1.54, 1.807) is 14.0 Å². The van der Waals surface area contributed by atoms with Gasteiger partial charge in [0.15, 0.2) is 0 Å². The van der Waals surface area contributed by atoms with Crippen LogP contribution in [0.4, 0.5) is 4.79 Å². The number of carboxylic acid groups (broad SMARTS) is 1. The molecule has 110 valence electrons. The molecule has 1 saturated carbocycles. The minimum absolute atomic E-state index is 0.0533. The first-order chi connectivity index (χ1) is 8.93. The van der Waals surface area contributed by atoms with Gasteiger partial charge in [0.05, 0.1) is 18.1 Å². The van der Waals surface area contributed by atoms with Crippen LogP contribution in [0, 0.1) is 5.41 Å². The van der Waals surface area contributed by atoms with E-state index in [4.69, 9.17) is 4.74 Å². The van der Waals surface area contributed by atoms with Gasteiger partial charge in [0.25, 0.3) is 0 Å². The summed E-state index contributed by atoms with van der Waals surface area (Å²) in [6, 6.07) is -0.684. The van der Waals surface area contributed by atoms with Crippen LogP contribution >= 0.6 is 0 Å². The quantitative estimate of drug-likeness (QED) is 0.681. The Kier molecular flexibility index (Phi) is 5.60. The number of amides is 2. The molecule has 0 aliphatic heterocycles. The summed E-state index contributed by atoms with van der Waals surface area (Å²) in [5.74, 6) is -0.848. The number of urea groups is 1. The maximum atomic E-state index is 11.9. The van der Waals surface area contributed by atoms with E-state index in [1.165, 1.54) is 0 Å². The minimum Gasteiger partial charge on any atom is -0.481 e. The average Bonchev–Trinajstić information content (AvgIpc) is 2.71. The third kappa shape index (κ3) is 3.83. The number of ether oxygens (including phenoxy) is 1. The lowest BCUT2D eigenvalue weighted by molar-refractivity contribution is -0.148. The van der Waals surface area contributed by atoms with Gasteiger partial charge in [0.2, 0.25) is 0 Å². The largest absolute Gasteiger partial charge is 0.481 e. The number of carbonyl (C=O) groups is 2. The average molecular weight is 272 g/mol. The van der Waals surface area contributed by atoms with Gasteiger partial charge in [-0.15, -0.1) is 0 Å². The second-order valence-corrected chi connectivity index (χ2v) is 5.35. The predicted octanol–water partition coefficient (Wildman–Crippen LogP) is 1.35. The lowest BCUT2D eigenvalue weighted by Crippen LogP contribution is -2.52. The molecule has 1 aliphatic rings. The highest BCUT2D eigenvalue weighted by Gasteiger charge is 2.45. The van der Waals surface area contributed by atoms with Crippen LogP contribution in [-0.2, 0) is 9.53 Å². The summed E-state index contributed by atoms with van der Waals surface area (Å²) < 4.78 is 5.01. The molecule has 6 heteroatoms. The number of aliphatic carboxylic acids is 1. The van der Waals surface area contributed by atoms with Crippen LogP contribution in [0.1, 0.15) is 39.5 Å². The van der Waals surface area contributed by atoms with Gasteiger partial charge in [-0.25, -0.2) is 4.79 Å². The first-order valence-corrected chi connectivity index (χ1v) is 6.73. The van der Waals surface area contributed by atoms with Gasteiger partial charge >= 0.3 is 12.0 Å². The predicted molar refractivity (Wildman–Crippen MR) is 71.0 cm³/mol. The van der Waals surface area contributed by atoms with Crippen LogP contribution < -0.4 is 10.6 Å². The lowest BCUT2D eigenvalue weighted by Gasteiger charge is -2.28.